The van der Waals surface area contributed by atoms with Crippen molar-refractivity contribution in [3.05, 3.63) is 34.9 Å². The minimum atomic E-state index is -0.631. The van der Waals surface area contributed by atoms with E-state index >= 15 is 0 Å². The van der Waals surface area contributed by atoms with Gasteiger partial charge in [0.15, 0.2) is 0 Å². The van der Waals surface area contributed by atoms with Crippen LogP contribution >= 0.6 is 0 Å². The molecule has 0 aromatic heterocycles. The number of rotatable bonds is 5. The van der Waals surface area contributed by atoms with Crippen LogP contribution in [0.25, 0.3) is 6.08 Å². The third kappa shape index (κ3) is 3.29. The number of imide groups is 2. The van der Waals surface area contributed by atoms with E-state index in [-0.39, 0.29) is 5.57 Å². The second-order valence-electron chi connectivity index (χ2n) is 6.35. The Morgan fingerprint density at radius 1 is 1.20 bits per heavy atom. The van der Waals surface area contributed by atoms with Crippen LogP contribution in [0.1, 0.15) is 37.8 Å². The van der Waals surface area contributed by atoms with E-state index in [1.165, 1.54) is 11.3 Å². The van der Waals surface area contributed by atoms with Crippen LogP contribution in [-0.4, -0.2) is 42.4 Å². The van der Waals surface area contributed by atoms with Crippen molar-refractivity contribution < 1.29 is 14.4 Å². The predicted molar refractivity (Wildman–Crippen MR) is 96.2 cm³/mol. The van der Waals surface area contributed by atoms with Crippen LogP contribution in [0.15, 0.2) is 23.8 Å². The number of amides is 4. The predicted octanol–water partition coefficient (Wildman–Crippen LogP) is 2.33. The molecular formula is C19H23N3O3. The van der Waals surface area contributed by atoms with Gasteiger partial charge in [0.25, 0.3) is 11.8 Å². The summed E-state index contributed by atoms with van der Waals surface area (Å²) in [5, 5.41) is 2.26. The Morgan fingerprint density at radius 3 is 2.72 bits per heavy atom. The topological polar surface area (TPSA) is 69.7 Å². The van der Waals surface area contributed by atoms with Crippen molar-refractivity contribution in [2.45, 2.75) is 33.1 Å². The van der Waals surface area contributed by atoms with E-state index in [1.54, 1.807) is 6.08 Å². The molecule has 0 unspecified atom stereocenters. The van der Waals surface area contributed by atoms with Gasteiger partial charge in [-0.05, 0) is 49.1 Å². The quantitative estimate of drug-likeness (QED) is 0.659. The SMILES string of the molecule is CCCCN1C(=O)NC(=O)/C(=C\c2ccc3c(c2)CCN3CC)C1=O. The molecule has 6 nitrogen and oxygen atoms in total. The number of likely N-dealkylation sites (N-methyl/N-ethyl adjacent to an activating group) is 1. The molecule has 1 aromatic rings. The minimum Gasteiger partial charge on any atom is -0.371 e. The molecule has 0 bridgehead atoms. The first-order valence-corrected chi connectivity index (χ1v) is 8.82. The van der Waals surface area contributed by atoms with Crippen LogP contribution in [0.4, 0.5) is 10.5 Å². The van der Waals surface area contributed by atoms with Crippen molar-refractivity contribution in [2.24, 2.45) is 0 Å². The lowest BCUT2D eigenvalue weighted by molar-refractivity contribution is -0.130. The fraction of sp³-hybridized carbons (Fsp3) is 0.421. The van der Waals surface area contributed by atoms with E-state index in [2.05, 4.69) is 17.1 Å². The highest BCUT2D eigenvalue weighted by atomic mass is 16.2. The normalized spacial score (nSPS) is 18.8. The van der Waals surface area contributed by atoms with Gasteiger partial charge in [0, 0.05) is 25.3 Å². The van der Waals surface area contributed by atoms with Crippen LogP contribution in [0, 0.1) is 0 Å². The Bertz CT molecular complexity index is 754. The molecule has 132 valence electrons. The van der Waals surface area contributed by atoms with E-state index in [1.807, 2.05) is 25.1 Å². The molecular weight excluding hydrogens is 318 g/mol. The smallest absolute Gasteiger partial charge is 0.331 e. The van der Waals surface area contributed by atoms with Gasteiger partial charge in [-0.1, -0.05) is 19.4 Å². The molecule has 2 heterocycles. The number of benzene rings is 1. The van der Waals surface area contributed by atoms with Gasteiger partial charge in [-0.15, -0.1) is 0 Å². The van der Waals surface area contributed by atoms with Crippen molar-refractivity contribution in [3.8, 4) is 0 Å². The highest BCUT2D eigenvalue weighted by Gasteiger charge is 2.35. The lowest BCUT2D eigenvalue weighted by atomic mass is 10.0. The number of urea groups is 1. The number of nitrogens with zero attached hydrogens (tertiary/aromatic N) is 2. The Hall–Kier alpha value is -2.63. The largest absolute Gasteiger partial charge is 0.371 e. The van der Waals surface area contributed by atoms with Crippen LogP contribution in [-0.2, 0) is 16.0 Å². The van der Waals surface area contributed by atoms with Crippen molar-refractivity contribution in [1.82, 2.24) is 10.2 Å². The van der Waals surface area contributed by atoms with E-state index in [9.17, 15) is 14.4 Å². The number of nitrogens with one attached hydrogen (secondary N) is 1. The molecule has 0 radical (unpaired) electrons. The van der Waals surface area contributed by atoms with Crippen LogP contribution in [0.3, 0.4) is 0 Å². The summed E-state index contributed by atoms with van der Waals surface area (Å²) in [5.74, 6) is -1.14. The first-order chi connectivity index (χ1) is 12.0. The zero-order valence-corrected chi connectivity index (χ0v) is 14.7. The van der Waals surface area contributed by atoms with Gasteiger partial charge in [-0.3, -0.25) is 19.8 Å². The molecule has 3 rings (SSSR count). The summed E-state index contributed by atoms with van der Waals surface area (Å²) >= 11 is 0. The van der Waals surface area contributed by atoms with E-state index < -0.39 is 17.8 Å². The Labute approximate surface area is 147 Å². The molecule has 0 saturated carbocycles. The summed E-state index contributed by atoms with van der Waals surface area (Å²) in [6.45, 7) is 6.38. The molecule has 4 amide bonds. The Kier molecular flexibility index (Phi) is 4.88. The van der Waals surface area contributed by atoms with E-state index in [0.717, 1.165) is 36.4 Å². The summed E-state index contributed by atoms with van der Waals surface area (Å²) in [7, 11) is 0. The van der Waals surface area contributed by atoms with Crippen molar-refractivity contribution in [3.63, 3.8) is 0 Å². The monoisotopic (exact) mass is 341 g/mol. The number of unbranched alkanes of at least 4 members (excludes halogenated alkanes) is 1. The molecule has 6 heteroatoms. The van der Waals surface area contributed by atoms with Crippen LogP contribution < -0.4 is 10.2 Å². The third-order valence-electron chi connectivity index (χ3n) is 4.71. The maximum absolute atomic E-state index is 12.6. The molecule has 0 atom stereocenters. The number of fused-ring (bicyclic) bond motifs is 1. The van der Waals surface area contributed by atoms with Gasteiger partial charge in [0.1, 0.15) is 5.57 Å². The molecule has 25 heavy (non-hydrogen) atoms. The number of hydrogen-bond acceptors (Lipinski definition) is 4. The second-order valence-corrected chi connectivity index (χ2v) is 6.35. The fourth-order valence-electron chi connectivity index (χ4n) is 3.29. The summed E-state index contributed by atoms with van der Waals surface area (Å²) in [6, 6.07) is 5.33. The highest BCUT2D eigenvalue weighted by molar-refractivity contribution is 6.31. The summed E-state index contributed by atoms with van der Waals surface area (Å²) in [6.07, 6.45) is 4.12. The molecule has 0 aliphatic carbocycles. The van der Waals surface area contributed by atoms with E-state index in [4.69, 9.17) is 0 Å². The zero-order valence-electron chi connectivity index (χ0n) is 14.7. The molecule has 1 aromatic carbocycles. The number of carbonyl (C=O) groups is 3. The van der Waals surface area contributed by atoms with Gasteiger partial charge in [0.05, 0.1) is 0 Å². The van der Waals surface area contributed by atoms with Crippen molar-refractivity contribution >= 4 is 29.6 Å². The van der Waals surface area contributed by atoms with Gasteiger partial charge in [-0.2, -0.15) is 0 Å². The summed E-state index contributed by atoms with van der Waals surface area (Å²) < 4.78 is 0. The maximum atomic E-state index is 12.6. The fourth-order valence-corrected chi connectivity index (χ4v) is 3.29. The highest BCUT2D eigenvalue weighted by Crippen LogP contribution is 2.29. The lowest BCUT2D eigenvalue weighted by Gasteiger charge is -2.26. The first-order valence-electron chi connectivity index (χ1n) is 8.82. The third-order valence-corrected chi connectivity index (χ3v) is 4.71. The minimum absolute atomic E-state index is 0.0148. The molecule has 1 saturated heterocycles. The Morgan fingerprint density at radius 2 is 2.00 bits per heavy atom. The Balaban J connectivity index is 1.88. The van der Waals surface area contributed by atoms with Crippen LogP contribution in [0.5, 0.6) is 0 Å². The van der Waals surface area contributed by atoms with Crippen LogP contribution in [0.2, 0.25) is 0 Å². The first kappa shape index (κ1) is 17.2. The molecule has 2 aliphatic rings. The maximum Gasteiger partial charge on any atom is 0.331 e. The average Bonchev–Trinajstić information content (AvgIpc) is 3.00. The van der Waals surface area contributed by atoms with Gasteiger partial charge >= 0.3 is 6.03 Å². The molecule has 1 fully saturated rings. The lowest BCUT2D eigenvalue weighted by Crippen LogP contribution is -2.54. The van der Waals surface area contributed by atoms with Gasteiger partial charge in [-0.25, -0.2) is 4.79 Å². The number of barbiturate groups is 1. The number of carbonyl (C=O) groups excluding carboxylic acids is 3. The zero-order chi connectivity index (χ0) is 18.0. The summed E-state index contributed by atoms with van der Waals surface area (Å²) in [5.41, 5.74) is 3.25. The molecule has 1 N–H and O–H groups in total. The van der Waals surface area contributed by atoms with Gasteiger partial charge in [0.2, 0.25) is 0 Å². The summed E-state index contributed by atoms with van der Waals surface area (Å²) in [4.78, 5) is 40.0. The van der Waals surface area contributed by atoms with Crippen molar-refractivity contribution in [2.75, 3.05) is 24.5 Å². The van der Waals surface area contributed by atoms with E-state index in [0.29, 0.717) is 13.0 Å². The van der Waals surface area contributed by atoms with Gasteiger partial charge < -0.3 is 4.90 Å². The molecule has 2 aliphatic heterocycles. The number of hydrogen-bond donors (Lipinski definition) is 1. The van der Waals surface area contributed by atoms with Crippen molar-refractivity contribution in [1.29, 1.82) is 0 Å². The molecule has 0 spiro atoms. The average molecular weight is 341 g/mol. The standard InChI is InChI=1S/C19H23N3O3/c1-3-5-9-22-18(24)15(17(23)20-19(22)25)12-13-6-7-16-14(11-13)8-10-21(16)4-2/h6-7,11-12H,3-5,8-10H2,1-2H3,(H,20,23,25)/b15-12+. The number of anilines is 1. The second kappa shape index (κ2) is 7.09.